The molecular weight excluding hydrogens is 256 g/mol. The fourth-order valence-electron chi connectivity index (χ4n) is 1.32. The Morgan fingerprint density at radius 1 is 1.22 bits per heavy atom. The van der Waals surface area contributed by atoms with Gasteiger partial charge in [0.05, 0.1) is 5.69 Å². The number of benzene rings is 1. The monoisotopic (exact) mass is 264 g/mol. The van der Waals surface area contributed by atoms with E-state index in [4.69, 9.17) is 16.3 Å². The Bertz CT molecular complexity index is 561. The topological polar surface area (TPSA) is 67.8 Å². The van der Waals surface area contributed by atoms with Crippen molar-refractivity contribution >= 4 is 34.8 Å². The summed E-state index contributed by atoms with van der Waals surface area (Å²) in [5, 5.41) is 4.32. The number of cyclic esters (lactones) is 1. The van der Waals surface area contributed by atoms with Gasteiger partial charge < -0.3 is 4.74 Å². The van der Waals surface area contributed by atoms with Gasteiger partial charge in [-0.2, -0.15) is 5.10 Å². The van der Waals surface area contributed by atoms with Gasteiger partial charge in [-0.15, -0.1) is 0 Å². The maximum atomic E-state index is 11.5. The highest BCUT2D eigenvalue weighted by molar-refractivity contribution is 6.67. The van der Waals surface area contributed by atoms with E-state index in [-0.39, 0.29) is 11.5 Å². The van der Waals surface area contributed by atoms with Crippen molar-refractivity contribution in [3.8, 4) is 0 Å². The standard InChI is InChI=1S/C12H9ClN2O3/c1-7-6-10(16)11(12(17)18-7)15-14-9-4-2-8(13)3-5-9/h2-6,14H,1H3/b15-11+. The summed E-state index contributed by atoms with van der Waals surface area (Å²) in [5.74, 6) is -0.984. The van der Waals surface area contributed by atoms with Gasteiger partial charge in [-0.05, 0) is 31.2 Å². The average Bonchev–Trinajstić information content (AvgIpc) is 2.30. The van der Waals surface area contributed by atoms with Crippen LogP contribution in [0, 0.1) is 0 Å². The zero-order valence-electron chi connectivity index (χ0n) is 9.44. The Labute approximate surface area is 108 Å². The van der Waals surface area contributed by atoms with Crippen LogP contribution in [-0.4, -0.2) is 17.5 Å². The van der Waals surface area contributed by atoms with Crippen molar-refractivity contribution in [2.45, 2.75) is 6.92 Å². The minimum absolute atomic E-state index is 0.260. The number of nitrogens with zero attached hydrogens (tertiary/aromatic N) is 1. The predicted octanol–water partition coefficient (Wildman–Crippen LogP) is 2.14. The second-order valence-corrected chi connectivity index (χ2v) is 4.02. The largest absolute Gasteiger partial charge is 0.426 e. The smallest absolute Gasteiger partial charge is 0.367 e. The van der Waals surface area contributed by atoms with Crippen molar-refractivity contribution < 1.29 is 14.3 Å². The summed E-state index contributed by atoms with van der Waals surface area (Å²) >= 11 is 5.72. The zero-order chi connectivity index (χ0) is 13.1. The molecule has 1 heterocycles. The molecule has 1 aromatic carbocycles. The van der Waals surface area contributed by atoms with Gasteiger partial charge in [0.15, 0.2) is 0 Å². The second-order valence-electron chi connectivity index (χ2n) is 3.59. The van der Waals surface area contributed by atoms with Crippen LogP contribution in [0.4, 0.5) is 5.69 Å². The van der Waals surface area contributed by atoms with Crippen molar-refractivity contribution in [2.75, 3.05) is 5.43 Å². The number of hydrogen-bond acceptors (Lipinski definition) is 5. The van der Waals surface area contributed by atoms with Gasteiger partial charge in [0, 0.05) is 11.1 Å². The molecule has 0 amide bonds. The summed E-state index contributed by atoms with van der Waals surface area (Å²) < 4.78 is 4.79. The van der Waals surface area contributed by atoms with Gasteiger partial charge in [-0.25, -0.2) is 4.79 Å². The molecule has 1 aliphatic heterocycles. The minimum Gasteiger partial charge on any atom is -0.426 e. The molecule has 18 heavy (non-hydrogen) atoms. The molecule has 0 saturated carbocycles. The average molecular weight is 265 g/mol. The molecule has 0 fully saturated rings. The number of carbonyl (C=O) groups is 2. The molecule has 1 aromatic rings. The molecule has 1 aliphatic rings. The van der Waals surface area contributed by atoms with Gasteiger partial charge in [-0.3, -0.25) is 10.2 Å². The van der Waals surface area contributed by atoms with Gasteiger partial charge in [-0.1, -0.05) is 11.6 Å². The van der Waals surface area contributed by atoms with Gasteiger partial charge in [0.2, 0.25) is 11.5 Å². The predicted molar refractivity (Wildman–Crippen MR) is 67.4 cm³/mol. The van der Waals surface area contributed by atoms with E-state index in [0.717, 1.165) is 0 Å². The third kappa shape index (κ3) is 2.75. The lowest BCUT2D eigenvalue weighted by atomic mass is 10.2. The van der Waals surface area contributed by atoms with E-state index in [9.17, 15) is 9.59 Å². The Balaban J connectivity index is 2.16. The Morgan fingerprint density at radius 3 is 2.50 bits per heavy atom. The summed E-state index contributed by atoms with van der Waals surface area (Å²) in [6.45, 7) is 1.53. The summed E-state index contributed by atoms with van der Waals surface area (Å²) in [6.07, 6.45) is 1.21. The molecule has 0 unspecified atom stereocenters. The van der Waals surface area contributed by atoms with E-state index in [0.29, 0.717) is 10.7 Å². The van der Waals surface area contributed by atoms with E-state index in [1.165, 1.54) is 13.0 Å². The highest BCUT2D eigenvalue weighted by Gasteiger charge is 2.26. The lowest BCUT2D eigenvalue weighted by Crippen LogP contribution is -2.30. The molecule has 5 nitrogen and oxygen atoms in total. The lowest BCUT2D eigenvalue weighted by molar-refractivity contribution is -0.133. The van der Waals surface area contributed by atoms with Gasteiger partial charge in [0.1, 0.15) is 5.76 Å². The fourth-order valence-corrected chi connectivity index (χ4v) is 1.45. The molecule has 0 spiro atoms. The number of hydrazone groups is 1. The van der Waals surface area contributed by atoms with Gasteiger partial charge >= 0.3 is 5.97 Å². The first-order valence-corrected chi connectivity index (χ1v) is 5.48. The number of ether oxygens (including phenoxy) is 1. The number of halogens is 1. The lowest BCUT2D eigenvalue weighted by Gasteiger charge is -2.10. The van der Waals surface area contributed by atoms with Crippen molar-refractivity contribution in [2.24, 2.45) is 5.10 Å². The van der Waals surface area contributed by atoms with Crippen molar-refractivity contribution in [3.05, 3.63) is 41.1 Å². The first-order valence-electron chi connectivity index (χ1n) is 5.10. The SMILES string of the molecule is CC1=CC(=O)/C(=N\Nc2ccc(Cl)cc2)C(=O)O1. The van der Waals surface area contributed by atoms with E-state index in [1.54, 1.807) is 24.3 Å². The molecule has 0 radical (unpaired) electrons. The molecule has 0 saturated heterocycles. The quantitative estimate of drug-likeness (QED) is 0.656. The number of rotatable bonds is 2. The number of carbonyl (C=O) groups excluding carboxylic acids is 2. The van der Waals surface area contributed by atoms with E-state index < -0.39 is 11.8 Å². The van der Waals surface area contributed by atoms with Crippen LogP contribution >= 0.6 is 11.6 Å². The maximum Gasteiger partial charge on any atom is 0.367 e. The van der Waals surface area contributed by atoms with Crippen LogP contribution in [0.25, 0.3) is 0 Å². The molecule has 6 heteroatoms. The Kier molecular flexibility index (Phi) is 3.43. The van der Waals surface area contributed by atoms with Crippen LogP contribution in [0.2, 0.25) is 5.02 Å². The minimum atomic E-state index is -0.763. The Hall–Kier alpha value is -2.14. The number of esters is 1. The third-order valence-electron chi connectivity index (χ3n) is 2.16. The maximum absolute atomic E-state index is 11.5. The van der Waals surface area contributed by atoms with E-state index >= 15 is 0 Å². The molecule has 0 aromatic heterocycles. The number of nitrogens with one attached hydrogen (secondary N) is 1. The van der Waals surface area contributed by atoms with Crippen LogP contribution in [0.5, 0.6) is 0 Å². The van der Waals surface area contributed by atoms with Crippen LogP contribution in [0.3, 0.4) is 0 Å². The molecule has 0 atom stereocenters. The molecular formula is C12H9ClN2O3. The number of ketones is 1. The Morgan fingerprint density at radius 2 is 1.89 bits per heavy atom. The zero-order valence-corrected chi connectivity index (χ0v) is 10.2. The van der Waals surface area contributed by atoms with Crippen LogP contribution < -0.4 is 5.43 Å². The van der Waals surface area contributed by atoms with Crippen LogP contribution in [-0.2, 0) is 14.3 Å². The molecule has 1 N–H and O–H groups in total. The number of anilines is 1. The van der Waals surface area contributed by atoms with Crippen LogP contribution in [0.15, 0.2) is 41.2 Å². The fraction of sp³-hybridized carbons (Fsp3) is 0.0833. The van der Waals surface area contributed by atoms with Crippen molar-refractivity contribution in [1.82, 2.24) is 0 Å². The first-order chi connectivity index (χ1) is 8.56. The molecule has 0 bridgehead atoms. The van der Waals surface area contributed by atoms with Crippen molar-refractivity contribution in [3.63, 3.8) is 0 Å². The molecule has 0 aliphatic carbocycles. The second kappa shape index (κ2) is 5.01. The van der Waals surface area contributed by atoms with E-state index in [2.05, 4.69) is 10.5 Å². The summed E-state index contributed by atoms with van der Waals surface area (Å²) in [5.41, 5.74) is 2.92. The highest BCUT2D eigenvalue weighted by atomic mass is 35.5. The van der Waals surface area contributed by atoms with E-state index in [1.807, 2.05) is 0 Å². The number of allylic oxidation sites excluding steroid dienone is 2. The normalized spacial score (nSPS) is 17.4. The summed E-state index contributed by atoms with van der Waals surface area (Å²) in [7, 11) is 0. The third-order valence-corrected chi connectivity index (χ3v) is 2.41. The van der Waals surface area contributed by atoms with Gasteiger partial charge in [0.25, 0.3) is 0 Å². The molecule has 92 valence electrons. The van der Waals surface area contributed by atoms with Crippen molar-refractivity contribution in [1.29, 1.82) is 0 Å². The van der Waals surface area contributed by atoms with Crippen LogP contribution in [0.1, 0.15) is 6.92 Å². The summed E-state index contributed by atoms with van der Waals surface area (Å²) in [6, 6.07) is 6.67. The number of hydrogen-bond donors (Lipinski definition) is 1. The first kappa shape index (κ1) is 12.3. The highest BCUT2D eigenvalue weighted by Crippen LogP contribution is 2.14. The summed E-state index contributed by atoms with van der Waals surface area (Å²) in [4.78, 5) is 22.9. The molecule has 2 rings (SSSR count).